The zero-order chi connectivity index (χ0) is 16.9. The van der Waals surface area contributed by atoms with Gasteiger partial charge >= 0.3 is 0 Å². The molecule has 0 unspecified atom stereocenters. The van der Waals surface area contributed by atoms with E-state index >= 15 is 0 Å². The lowest BCUT2D eigenvalue weighted by atomic mass is 10.1. The second kappa shape index (κ2) is 6.78. The first-order valence-electron chi connectivity index (χ1n) is 7.42. The number of aromatic nitrogens is 2. The fourth-order valence-electron chi connectivity index (χ4n) is 2.31. The normalized spacial score (nSPS) is 10.2. The lowest BCUT2D eigenvalue weighted by Crippen LogP contribution is -2.17. The van der Waals surface area contributed by atoms with Crippen molar-refractivity contribution >= 4 is 23.2 Å². The molecular formula is C18H16N4O2. The van der Waals surface area contributed by atoms with Crippen LogP contribution < -0.4 is 10.6 Å². The fourth-order valence-corrected chi connectivity index (χ4v) is 2.31. The van der Waals surface area contributed by atoms with Crippen LogP contribution in [-0.4, -0.2) is 22.0 Å². The second-order valence-electron chi connectivity index (χ2n) is 5.22. The van der Waals surface area contributed by atoms with E-state index in [4.69, 9.17) is 0 Å². The molecule has 1 aromatic heterocycles. The summed E-state index contributed by atoms with van der Waals surface area (Å²) in [5.41, 5.74) is 2.85. The van der Waals surface area contributed by atoms with E-state index < -0.39 is 0 Å². The zero-order valence-corrected chi connectivity index (χ0v) is 13.0. The van der Waals surface area contributed by atoms with Gasteiger partial charge in [-0.1, -0.05) is 24.3 Å². The highest BCUT2D eigenvalue weighted by Gasteiger charge is 2.14. The van der Waals surface area contributed by atoms with Crippen LogP contribution in [0.15, 0.2) is 60.8 Å². The second-order valence-corrected chi connectivity index (χ2v) is 5.22. The molecule has 0 radical (unpaired) electrons. The molecule has 0 aliphatic rings. The van der Waals surface area contributed by atoms with E-state index in [2.05, 4.69) is 20.8 Å². The molecule has 0 aliphatic carbocycles. The summed E-state index contributed by atoms with van der Waals surface area (Å²) in [6.07, 6.45) is 1.51. The van der Waals surface area contributed by atoms with E-state index in [1.54, 1.807) is 31.2 Å². The van der Waals surface area contributed by atoms with Crippen LogP contribution in [0, 0.1) is 6.92 Å². The highest BCUT2D eigenvalue weighted by molar-refractivity contribution is 6.08. The van der Waals surface area contributed by atoms with Gasteiger partial charge < -0.3 is 10.6 Å². The molecule has 24 heavy (non-hydrogen) atoms. The van der Waals surface area contributed by atoms with Crippen molar-refractivity contribution in [2.24, 2.45) is 0 Å². The van der Waals surface area contributed by atoms with E-state index in [-0.39, 0.29) is 11.8 Å². The Morgan fingerprint density at radius 1 is 0.917 bits per heavy atom. The number of para-hydroxylation sites is 1. The molecule has 1 heterocycles. The van der Waals surface area contributed by atoms with Crippen molar-refractivity contribution in [1.29, 1.82) is 0 Å². The first-order chi connectivity index (χ1) is 11.6. The largest absolute Gasteiger partial charge is 0.322 e. The van der Waals surface area contributed by atoms with Crippen LogP contribution in [0.25, 0.3) is 0 Å². The average molecular weight is 320 g/mol. The van der Waals surface area contributed by atoms with E-state index in [0.717, 1.165) is 0 Å². The molecule has 0 saturated carbocycles. The van der Waals surface area contributed by atoms with Gasteiger partial charge in [0.15, 0.2) is 0 Å². The summed E-state index contributed by atoms with van der Waals surface area (Å²) in [7, 11) is 0. The number of carbonyl (C=O) groups is 2. The lowest BCUT2D eigenvalue weighted by Gasteiger charge is -2.12. The summed E-state index contributed by atoms with van der Waals surface area (Å²) < 4.78 is 0. The molecule has 0 fully saturated rings. The number of nitrogens with zero attached hydrogens (tertiary/aromatic N) is 1. The van der Waals surface area contributed by atoms with Gasteiger partial charge in [0.1, 0.15) is 5.69 Å². The number of benzene rings is 2. The SMILES string of the molecule is Cc1c(NC(=O)c2ccn[nH]2)cccc1C(=O)Nc1ccccc1. The van der Waals surface area contributed by atoms with Gasteiger partial charge in [0.05, 0.1) is 0 Å². The van der Waals surface area contributed by atoms with Gasteiger partial charge in [0.2, 0.25) is 0 Å². The third kappa shape index (κ3) is 3.33. The minimum absolute atomic E-state index is 0.226. The summed E-state index contributed by atoms with van der Waals surface area (Å²) in [4.78, 5) is 24.6. The van der Waals surface area contributed by atoms with Crippen molar-refractivity contribution in [1.82, 2.24) is 10.2 Å². The minimum Gasteiger partial charge on any atom is -0.322 e. The van der Waals surface area contributed by atoms with Crippen LogP contribution >= 0.6 is 0 Å². The van der Waals surface area contributed by atoms with Crippen LogP contribution in [0.4, 0.5) is 11.4 Å². The van der Waals surface area contributed by atoms with Crippen molar-refractivity contribution in [3.8, 4) is 0 Å². The third-order valence-corrected chi connectivity index (χ3v) is 3.60. The molecule has 3 aromatic rings. The van der Waals surface area contributed by atoms with E-state index in [0.29, 0.717) is 28.2 Å². The van der Waals surface area contributed by atoms with Gasteiger partial charge in [-0.15, -0.1) is 0 Å². The summed E-state index contributed by atoms with van der Waals surface area (Å²) >= 11 is 0. The molecular weight excluding hydrogens is 304 g/mol. The molecule has 3 rings (SSSR count). The number of amides is 2. The van der Waals surface area contributed by atoms with Crippen molar-refractivity contribution in [2.45, 2.75) is 6.92 Å². The molecule has 2 amide bonds. The zero-order valence-electron chi connectivity index (χ0n) is 13.0. The predicted molar refractivity (Wildman–Crippen MR) is 92.1 cm³/mol. The number of rotatable bonds is 4. The number of H-pyrrole nitrogens is 1. The van der Waals surface area contributed by atoms with Gasteiger partial charge in [-0.05, 0) is 42.8 Å². The predicted octanol–water partition coefficient (Wildman–Crippen LogP) is 3.22. The fraction of sp³-hybridized carbons (Fsp3) is 0.0556. The van der Waals surface area contributed by atoms with E-state index in [9.17, 15) is 9.59 Å². The number of aromatic amines is 1. The number of nitrogens with one attached hydrogen (secondary N) is 3. The van der Waals surface area contributed by atoms with Gasteiger partial charge in [0.25, 0.3) is 11.8 Å². The topological polar surface area (TPSA) is 86.9 Å². The standard InChI is InChI=1S/C18H16N4O2/c1-12-14(17(23)20-13-6-3-2-4-7-13)8-5-9-15(12)21-18(24)16-10-11-19-22-16/h2-11H,1H3,(H,19,22)(H,20,23)(H,21,24). The van der Waals surface area contributed by atoms with Crippen LogP contribution in [0.2, 0.25) is 0 Å². The summed E-state index contributed by atoms with van der Waals surface area (Å²) in [6, 6.07) is 16.0. The highest BCUT2D eigenvalue weighted by atomic mass is 16.2. The van der Waals surface area contributed by atoms with E-state index in [1.807, 2.05) is 30.3 Å². The number of carbonyl (C=O) groups excluding carboxylic acids is 2. The average Bonchev–Trinajstić information content (AvgIpc) is 3.12. The van der Waals surface area contributed by atoms with Crippen LogP contribution in [0.5, 0.6) is 0 Å². The Bertz CT molecular complexity index is 858. The van der Waals surface area contributed by atoms with Crippen LogP contribution in [0.3, 0.4) is 0 Å². The maximum absolute atomic E-state index is 12.5. The summed E-state index contributed by atoms with van der Waals surface area (Å²) in [5.74, 6) is -0.535. The van der Waals surface area contributed by atoms with Crippen LogP contribution in [-0.2, 0) is 0 Å². The van der Waals surface area contributed by atoms with Gasteiger partial charge in [0, 0.05) is 23.1 Å². The Kier molecular flexibility index (Phi) is 4.38. The molecule has 120 valence electrons. The van der Waals surface area contributed by atoms with Crippen LogP contribution in [0.1, 0.15) is 26.4 Å². The molecule has 6 heteroatoms. The Balaban J connectivity index is 1.80. The Labute approximate surface area is 138 Å². The Hall–Kier alpha value is -3.41. The molecule has 0 atom stereocenters. The number of hydrogen-bond donors (Lipinski definition) is 3. The Morgan fingerprint density at radius 3 is 2.42 bits per heavy atom. The van der Waals surface area contributed by atoms with Gasteiger partial charge in [-0.2, -0.15) is 5.10 Å². The number of hydrogen-bond acceptors (Lipinski definition) is 3. The maximum atomic E-state index is 12.5. The van der Waals surface area contributed by atoms with Crippen molar-refractivity contribution in [3.63, 3.8) is 0 Å². The lowest BCUT2D eigenvalue weighted by molar-refractivity contribution is 0.101. The first kappa shape index (κ1) is 15.5. The maximum Gasteiger partial charge on any atom is 0.273 e. The molecule has 6 nitrogen and oxygen atoms in total. The summed E-state index contributed by atoms with van der Waals surface area (Å²) in [5, 5.41) is 12.0. The molecule has 3 N–H and O–H groups in total. The van der Waals surface area contributed by atoms with E-state index in [1.165, 1.54) is 6.20 Å². The van der Waals surface area contributed by atoms with Gasteiger partial charge in [-0.25, -0.2) is 0 Å². The quantitative estimate of drug-likeness (QED) is 0.690. The molecule has 0 saturated heterocycles. The van der Waals surface area contributed by atoms with Gasteiger partial charge in [-0.3, -0.25) is 14.7 Å². The molecule has 2 aromatic carbocycles. The minimum atomic E-state index is -0.309. The monoisotopic (exact) mass is 320 g/mol. The van der Waals surface area contributed by atoms with Crippen molar-refractivity contribution < 1.29 is 9.59 Å². The van der Waals surface area contributed by atoms with Crippen molar-refractivity contribution in [3.05, 3.63) is 77.6 Å². The smallest absolute Gasteiger partial charge is 0.273 e. The summed E-state index contributed by atoms with van der Waals surface area (Å²) in [6.45, 7) is 1.79. The molecule has 0 spiro atoms. The highest BCUT2D eigenvalue weighted by Crippen LogP contribution is 2.21. The third-order valence-electron chi connectivity index (χ3n) is 3.60. The van der Waals surface area contributed by atoms with Crippen molar-refractivity contribution in [2.75, 3.05) is 10.6 Å². The Morgan fingerprint density at radius 2 is 1.71 bits per heavy atom. The first-order valence-corrected chi connectivity index (χ1v) is 7.42. The number of anilines is 2. The molecule has 0 bridgehead atoms. The molecule has 0 aliphatic heterocycles.